The minimum absolute atomic E-state index is 0.426. The quantitative estimate of drug-likeness (QED) is 0.316. The SMILES string of the molecule is Nc1nccn2c(C3CCCCC3)nc(-c3cc4nc(-c5cccs5)ccc4cc3Cl)c12. The van der Waals surface area contributed by atoms with Gasteiger partial charge in [0.15, 0.2) is 0 Å². The number of aromatic nitrogens is 4. The molecular formula is C25H22ClN5S. The highest BCUT2D eigenvalue weighted by atomic mass is 35.5. The standard InChI is InChI=1S/C25H22ClN5S/c26-18-13-16-8-9-19(21-7-4-12-32-21)29-20(16)14-17(18)22-23-24(27)28-10-11-31(23)25(30-22)15-5-2-1-3-6-15/h4,7-15H,1-3,5-6H2,(H2,27,28). The number of nitrogen functional groups attached to an aromatic ring is 1. The summed E-state index contributed by atoms with van der Waals surface area (Å²) in [6, 6.07) is 12.2. The van der Waals surface area contributed by atoms with Crippen LogP contribution in [0, 0.1) is 0 Å². The molecule has 0 unspecified atom stereocenters. The van der Waals surface area contributed by atoms with Gasteiger partial charge in [-0.25, -0.2) is 15.0 Å². The molecule has 4 heterocycles. The summed E-state index contributed by atoms with van der Waals surface area (Å²) in [6.45, 7) is 0. The molecule has 0 saturated heterocycles. The van der Waals surface area contributed by atoms with Crippen LogP contribution in [0.1, 0.15) is 43.8 Å². The molecule has 1 aromatic carbocycles. The average molecular weight is 460 g/mol. The van der Waals surface area contributed by atoms with E-state index in [1.807, 2.05) is 30.5 Å². The highest BCUT2D eigenvalue weighted by Gasteiger charge is 2.25. The largest absolute Gasteiger partial charge is 0.382 e. The Kier molecular flexibility index (Phi) is 4.85. The number of anilines is 1. The minimum atomic E-state index is 0.426. The van der Waals surface area contributed by atoms with E-state index in [-0.39, 0.29) is 0 Å². The van der Waals surface area contributed by atoms with Crippen molar-refractivity contribution in [1.29, 1.82) is 0 Å². The van der Waals surface area contributed by atoms with Crippen molar-refractivity contribution in [3.05, 3.63) is 65.0 Å². The van der Waals surface area contributed by atoms with Crippen LogP contribution in [-0.2, 0) is 0 Å². The van der Waals surface area contributed by atoms with Gasteiger partial charge in [0.1, 0.15) is 22.9 Å². The first-order valence-corrected chi connectivity index (χ1v) is 12.2. The maximum atomic E-state index is 6.79. The molecule has 0 radical (unpaired) electrons. The second kappa shape index (κ2) is 7.87. The normalized spacial score (nSPS) is 15.0. The summed E-state index contributed by atoms with van der Waals surface area (Å²) in [4.78, 5) is 15.5. The lowest BCUT2D eigenvalue weighted by Gasteiger charge is -2.20. The predicted molar refractivity (Wildman–Crippen MR) is 132 cm³/mol. The molecule has 1 fully saturated rings. The van der Waals surface area contributed by atoms with Crippen LogP contribution in [0.15, 0.2) is 54.2 Å². The maximum Gasteiger partial charge on any atom is 0.150 e. The first kappa shape index (κ1) is 19.7. The lowest BCUT2D eigenvalue weighted by molar-refractivity contribution is 0.428. The van der Waals surface area contributed by atoms with Crippen molar-refractivity contribution in [3.63, 3.8) is 0 Å². The topological polar surface area (TPSA) is 69.1 Å². The fourth-order valence-corrected chi connectivity index (χ4v) is 5.77. The summed E-state index contributed by atoms with van der Waals surface area (Å²) >= 11 is 8.47. The fraction of sp³-hybridized carbons (Fsp3) is 0.240. The third-order valence-electron chi connectivity index (χ3n) is 6.39. The molecule has 0 bridgehead atoms. The number of halogens is 1. The highest BCUT2D eigenvalue weighted by Crippen LogP contribution is 2.40. The average Bonchev–Trinajstić information content (AvgIpc) is 3.48. The van der Waals surface area contributed by atoms with Crippen molar-refractivity contribution < 1.29 is 0 Å². The Balaban J connectivity index is 1.56. The molecule has 1 saturated carbocycles. The first-order chi connectivity index (χ1) is 15.7. The minimum Gasteiger partial charge on any atom is -0.382 e. The number of hydrogen-bond donors (Lipinski definition) is 1. The molecule has 6 rings (SSSR count). The molecule has 0 amide bonds. The van der Waals surface area contributed by atoms with Crippen molar-refractivity contribution in [2.45, 2.75) is 38.0 Å². The molecule has 5 nitrogen and oxygen atoms in total. The van der Waals surface area contributed by atoms with Crippen LogP contribution in [0.4, 0.5) is 5.82 Å². The van der Waals surface area contributed by atoms with Gasteiger partial charge in [-0.15, -0.1) is 11.3 Å². The Hall–Kier alpha value is -2.96. The van der Waals surface area contributed by atoms with Gasteiger partial charge in [-0.3, -0.25) is 4.40 Å². The van der Waals surface area contributed by atoms with E-state index < -0.39 is 0 Å². The molecule has 0 spiro atoms. The molecule has 1 aliphatic rings. The summed E-state index contributed by atoms with van der Waals surface area (Å²) in [6.07, 6.45) is 9.79. The van der Waals surface area contributed by atoms with E-state index in [1.165, 1.54) is 19.3 Å². The molecule has 5 aromatic rings. The molecule has 7 heteroatoms. The van der Waals surface area contributed by atoms with Gasteiger partial charge in [-0.05, 0) is 42.5 Å². The van der Waals surface area contributed by atoms with Gasteiger partial charge in [0.25, 0.3) is 0 Å². The van der Waals surface area contributed by atoms with E-state index in [0.29, 0.717) is 16.8 Å². The molecule has 32 heavy (non-hydrogen) atoms. The highest BCUT2D eigenvalue weighted by molar-refractivity contribution is 7.13. The number of rotatable bonds is 3. The number of thiophene rings is 1. The first-order valence-electron chi connectivity index (χ1n) is 11.0. The summed E-state index contributed by atoms with van der Waals surface area (Å²) in [5.74, 6) is 1.95. The number of fused-ring (bicyclic) bond motifs is 2. The van der Waals surface area contributed by atoms with Crippen LogP contribution in [0.25, 0.3) is 38.2 Å². The molecule has 1 aliphatic carbocycles. The van der Waals surface area contributed by atoms with Crippen molar-refractivity contribution in [2.24, 2.45) is 0 Å². The Morgan fingerprint density at radius 1 is 1.06 bits per heavy atom. The van der Waals surface area contributed by atoms with Crippen LogP contribution in [0.2, 0.25) is 5.02 Å². The van der Waals surface area contributed by atoms with Gasteiger partial charge in [0.05, 0.1) is 21.1 Å². The zero-order chi connectivity index (χ0) is 21.7. The van der Waals surface area contributed by atoms with E-state index >= 15 is 0 Å². The van der Waals surface area contributed by atoms with E-state index in [0.717, 1.165) is 56.9 Å². The van der Waals surface area contributed by atoms with Crippen molar-refractivity contribution in [1.82, 2.24) is 19.4 Å². The number of hydrogen-bond acceptors (Lipinski definition) is 5. The summed E-state index contributed by atoms with van der Waals surface area (Å²) in [7, 11) is 0. The van der Waals surface area contributed by atoms with Gasteiger partial charge >= 0.3 is 0 Å². The molecule has 4 aromatic heterocycles. The molecule has 0 aliphatic heterocycles. The number of nitrogens with two attached hydrogens (primary N) is 1. The smallest absolute Gasteiger partial charge is 0.150 e. The number of imidazole rings is 1. The molecule has 160 valence electrons. The van der Waals surface area contributed by atoms with Crippen LogP contribution >= 0.6 is 22.9 Å². The van der Waals surface area contributed by atoms with E-state index in [2.05, 4.69) is 26.9 Å². The second-order valence-electron chi connectivity index (χ2n) is 8.38. The third-order valence-corrected chi connectivity index (χ3v) is 7.59. The zero-order valence-corrected chi connectivity index (χ0v) is 19.0. The Morgan fingerprint density at radius 2 is 1.94 bits per heavy atom. The zero-order valence-electron chi connectivity index (χ0n) is 17.5. The lowest BCUT2D eigenvalue weighted by atomic mass is 9.89. The van der Waals surface area contributed by atoms with Crippen molar-refractivity contribution in [3.8, 4) is 21.8 Å². The van der Waals surface area contributed by atoms with E-state index in [4.69, 9.17) is 27.3 Å². The summed E-state index contributed by atoms with van der Waals surface area (Å²) < 4.78 is 2.11. The van der Waals surface area contributed by atoms with Gasteiger partial charge < -0.3 is 5.73 Å². The summed E-state index contributed by atoms with van der Waals surface area (Å²) in [5.41, 5.74) is 10.7. The molecular weight excluding hydrogens is 438 g/mol. The van der Waals surface area contributed by atoms with Crippen molar-refractivity contribution in [2.75, 3.05) is 5.73 Å². The number of nitrogens with zero attached hydrogens (tertiary/aromatic N) is 4. The summed E-state index contributed by atoms with van der Waals surface area (Å²) in [5, 5.41) is 3.71. The van der Waals surface area contributed by atoms with Gasteiger partial charge in [-0.2, -0.15) is 0 Å². The predicted octanol–water partition coefficient (Wildman–Crippen LogP) is 6.96. The Morgan fingerprint density at radius 3 is 2.75 bits per heavy atom. The Labute approximate surface area is 194 Å². The number of pyridine rings is 1. The molecule has 2 N–H and O–H groups in total. The van der Waals surface area contributed by atoms with Crippen LogP contribution in [-0.4, -0.2) is 19.4 Å². The van der Waals surface area contributed by atoms with Gasteiger partial charge in [0, 0.05) is 29.3 Å². The fourth-order valence-electron chi connectivity index (χ4n) is 4.81. The van der Waals surface area contributed by atoms with Crippen LogP contribution in [0.5, 0.6) is 0 Å². The van der Waals surface area contributed by atoms with Gasteiger partial charge in [-0.1, -0.05) is 43.0 Å². The van der Waals surface area contributed by atoms with Crippen LogP contribution in [0.3, 0.4) is 0 Å². The Bertz CT molecular complexity index is 1430. The van der Waals surface area contributed by atoms with Crippen LogP contribution < -0.4 is 5.73 Å². The lowest BCUT2D eigenvalue weighted by Crippen LogP contribution is -2.09. The molecule has 0 atom stereocenters. The number of benzene rings is 1. The van der Waals surface area contributed by atoms with Gasteiger partial charge in [0.2, 0.25) is 0 Å². The van der Waals surface area contributed by atoms with E-state index in [1.54, 1.807) is 17.5 Å². The van der Waals surface area contributed by atoms with E-state index in [9.17, 15) is 0 Å². The monoisotopic (exact) mass is 459 g/mol. The van der Waals surface area contributed by atoms with Crippen molar-refractivity contribution >= 4 is 45.2 Å². The second-order valence-corrected chi connectivity index (χ2v) is 9.74. The third kappa shape index (κ3) is 3.26. The maximum absolute atomic E-state index is 6.79.